The van der Waals surface area contributed by atoms with E-state index in [9.17, 15) is 4.79 Å². The lowest BCUT2D eigenvalue weighted by Gasteiger charge is -2.08. The third kappa shape index (κ3) is 4.29. The van der Waals surface area contributed by atoms with Gasteiger partial charge in [0.25, 0.3) is 0 Å². The van der Waals surface area contributed by atoms with Gasteiger partial charge in [0.15, 0.2) is 0 Å². The number of ether oxygens (including phenoxy) is 2. The largest absolute Gasteiger partial charge is 0.497 e. The minimum absolute atomic E-state index is 0.394. The van der Waals surface area contributed by atoms with Crippen LogP contribution in [0.15, 0.2) is 48.5 Å². The van der Waals surface area contributed by atoms with Crippen molar-refractivity contribution in [3.05, 3.63) is 54.1 Å². The van der Waals surface area contributed by atoms with Gasteiger partial charge >= 0.3 is 5.91 Å². The molecule has 2 rings (SSSR count). The molecule has 21 heavy (non-hydrogen) atoms. The maximum Gasteiger partial charge on any atom is 0.300 e. The second-order valence-corrected chi connectivity index (χ2v) is 4.17. The van der Waals surface area contributed by atoms with Crippen LogP contribution in [0.3, 0.4) is 0 Å². The first-order valence-electron chi connectivity index (χ1n) is 6.32. The molecule has 1 N–H and O–H groups in total. The second-order valence-electron chi connectivity index (χ2n) is 4.17. The van der Waals surface area contributed by atoms with E-state index in [1.807, 2.05) is 30.3 Å². The number of methoxy groups -OCH3 is 2. The zero-order valence-electron chi connectivity index (χ0n) is 11.8. The SMILES string of the molecule is COc1cc(NC(=O)C#Cc2ccccc2)cc(OC)c1. The third-order valence-electron chi connectivity index (χ3n) is 2.70. The molecule has 0 saturated carbocycles. The van der Waals surface area contributed by atoms with Crippen LogP contribution in [0.4, 0.5) is 5.69 Å². The minimum atomic E-state index is -0.394. The fraction of sp³-hybridized carbons (Fsp3) is 0.118. The molecule has 0 aliphatic rings. The van der Waals surface area contributed by atoms with Crippen LogP contribution in [0.2, 0.25) is 0 Å². The molecule has 0 radical (unpaired) electrons. The van der Waals surface area contributed by atoms with Crippen LogP contribution in [0.1, 0.15) is 5.56 Å². The smallest absolute Gasteiger partial charge is 0.300 e. The first-order valence-corrected chi connectivity index (χ1v) is 6.32. The van der Waals surface area contributed by atoms with Crippen LogP contribution in [0.25, 0.3) is 0 Å². The summed E-state index contributed by atoms with van der Waals surface area (Å²) in [5.74, 6) is 6.14. The predicted octanol–water partition coefficient (Wildman–Crippen LogP) is 2.69. The van der Waals surface area contributed by atoms with E-state index < -0.39 is 5.91 Å². The third-order valence-corrected chi connectivity index (χ3v) is 2.70. The maximum absolute atomic E-state index is 11.8. The molecular formula is C17H15NO3. The number of rotatable bonds is 3. The van der Waals surface area contributed by atoms with Crippen molar-refractivity contribution in [2.75, 3.05) is 19.5 Å². The summed E-state index contributed by atoms with van der Waals surface area (Å²) < 4.78 is 10.3. The monoisotopic (exact) mass is 281 g/mol. The Morgan fingerprint density at radius 2 is 1.62 bits per heavy atom. The fourth-order valence-corrected chi connectivity index (χ4v) is 1.69. The Morgan fingerprint density at radius 1 is 1.00 bits per heavy atom. The Balaban J connectivity index is 2.11. The molecule has 0 heterocycles. The van der Waals surface area contributed by atoms with Gasteiger partial charge < -0.3 is 14.8 Å². The Labute approximate surface area is 123 Å². The Hall–Kier alpha value is -2.93. The van der Waals surface area contributed by atoms with Gasteiger partial charge in [-0.25, -0.2) is 0 Å². The van der Waals surface area contributed by atoms with E-state index in [1.165, 1.54) is 0 Å². The summed E-state index contributed by atoms with van der Waals surface area (Å²) in [6, 6.07) is 14.4. The number of anilines is 1. The van der Waals surface area contributed by atoms with E-state index in [0.29, 0.717) is 17.2 Å². The number of nitrogens with one attached hydrogen (secondary N) is 1. The molecule has 0 saturated heterocycles. The van der Waals surface area contributed by atoms with E-state index >= 15 is 0 Å². The minimum Gasteiger partial charge on any atom is -0.497 e. The van der Waals surface area contributed by atoms with Crippen LogP contribution in [0, 0.1) is 11.8 Å². The Morgan fingerprint density at radius 3 is 2.19 bits per heavy atom. The molecule has 0 spiro atoms. The van der Waals surface area contributed by atoms with Crippen molar-refractivity contribution in [1.82, 2.24) is 0 Å². The van der Waals surface area contributed by atoms with Crippen LogP contribution >= 0.6 is 0 Å². The summed E-state index contributed by atoms with van der Waals surface area (Å²) >= 11 is 0. The van der Waals surface area contributed by atoms with Crippen molar-refractivity contribution in [3.8, 4) is 23.3 Å². The fourth-order valence-electron chi connectivity index (χ4n) is 1.69. The van der Waals surface area contributed by atoms with Gasteiger partial charge in [-0.1, -0.05) is 24.1 Å². The lowest BCUT2D eigenvalue weighted by molar-refractivity contribution is -0.111. The van der Waals surface area contributed by atoms with E-state index in [2.05, 4.69) is 17.2 Å². The van der Waals surface area contributed by atoms with Crippen LogP contribution in [-0.4, -0.2) is 20.1 Å². The molecule has 0 fully saturated rings. The molecule has 4 heteroatoms. The van der Waals surface area contributed by atoms with Crippen molar-refractivity contribution >= 4 is 11.6 Å². The first kappa shape index (κ1) is 14.5. The van der Waals surface area contributed by atoms with Gasteiger partial charge in [-0.3, -0.25) is 4.79 Å². The van der Waals surface area contributed by atoms with Gasteiger partial charge in [-0.2, -0.15) is 0 Å². The van der Waals surface area contributed by atoms with Gasteiger partial charge in [0.05, 0.1) is 14.2 Å². The molecule has 0 aliphatic carbocycles. The summed E-state index contributed by atoms with van der Waals surface area (Å²) in [7, 11) is 3.10. The molecule has 2 aromatic rings. The lowest BCUT2D eigenvalue weighted by atomic mass is 10.2. The van der Waals surface area contributed by atoms with Crippen molar-refractivity contribution in [3.63, 3.8) is 0 Å². The molecule has 0 aromatic heterocycles. The summed E-state index contributed by atoms with van der Waals surface area (Å²) in [5.41, 5.74) is 1.36. The van der Waals surface area contributed by atoms with Crippen LogP contribution in [0.5, 0.6) is 11.5 Å². The molecule has 106 valence electrons. The standard InChI is InChI=1S/C17H15NO3/c1-20-15-10-14(11-16(12-15)21-2)18-17(19)9-8-13-6-4-3-5-7-13/h3-7,10-12H,1-2H3,(H,18,19). The van der Waals surface area contributed by atoms with E-state index in [-0.39, 0.29) is 0 Å². The average molecular weight is 281 g/mol. The number of hydrogen-bond donors (Lipinski definition) is 1. The zero-order chi connectivity index (χ0) is 15.1. The van der Waals surface area contributed by atoms with Crippen molar-refractivity contribution in [2.45, 2.75) is 0 Å². The lowest BCUT2D eigenvalue weighted by Crippen LogP contribution is -2.08. The number of benzene rings is 2. The first-order chi connectivity index (χ1) is 10.2. The quantitative estimate of drug-likeness (QED) is 0.880. The van der Waals surface area contributed by atoms with Crippen molar-refractivity contribution in [1.29, 1.82) is 0 Å². The Kier molecular flexibility index (Phi) is 4.84. The highest BCUT2D eigenvalue weighted by Crippen LogP contribution is 2.25. The van der Waals surface area contributed by atoms with E-state index in [1.54, 1.807) is 32.4 Å². The summed E-state index contributed by atoms with van der Waals surface area (Å²) in [4.78, 5) is 11.8. The number of carbonyl (C=O) groups is 1. The second kappa shape index (κ2) is 7.01. The highest BCUT2D eigenvalue weighted by atomic mass is 16.5. The van der Waals surface area contributed by atoms with Gasteiger partial charge in [0.1, 0.15) is 11.5 Å². The molecule has 0 unspecified atom stereocenters. The normalized spacial score (nSPS) is 9.24. The van der Waals surface area contributed by atoms with Gasteiger partial charge in [-0.05, 0) is 12.1 Å². The number of carbonyl (C=O) groups excluding carboxylic acids is 1. The highest BCUT2D eigenvalue weighted by molar-refractivity contribution is 6.04. The van der Waals surface area contributed by atoms with Gasteiger partial charge in [0.2, 0.25) is 0 Å². The molecule has 2 aromatic carbocycles. The van der Waals surface area contributed by atoms with Crippen molar-refractivity contribution in [2.24, 2.45) is 0 Å². The van der Waals surface area contributed by atoms with E-state index in [0.717, 1.165) is 5.56 Å². The topological polar surface area (TPSA) is 47.6 Å². The molecule has 0 bridgehead atoms. The molecule has 4 nitrogen and oxygen atoms in total. The van der Waals surface area contributed by atoms with Crippen molar-refractivity contribution < 1.29 is 14.3 Å². The van der Waals surface area contributed by atoms with E-state index in [4.69, 9.17) is 9.47 Å². The number of amides is 1. The van der Waals surface area contributed by atoms with Gasteiger partial charge in [-0.15, -0.1) is 0 Å². The van der Waals surface area contributed by atoms with Crippen LogP contribution in [-0.2, 0) is 4.79 Å². The molecule has 1 amide bonds. The molecule has 0 aliphatic heterocycles. The molecule has 0 atom stereocenters. The zero-order valence-corrected chi connectivity index (χ0v) is 11.8. The highest BCUT2D eigenvalue weighted by Gasteiger charge is 2.04. The summed E-state index contributed by atoms with van der Waals surface area (Å²) in [6.07, 6.45) is 0. The summed E-state index contributed by atoms with van der Waals surface area (Å²) in [5, 5.41) is 2.69. The van der Waals surface area contributed by atoms with Gasteiger partial charge in [0, 0.05) is 35.4 Å². The Bertz CT molecular complexity index is 662. The summed E-state index contributed by atoms with van der Waals surface area (Å²) in [6.45, 7) is 0. The average Bonchev–Trinajstić information content (AvgIpc) is 2.53. The van der Waals surface area contributed by atoms with Crippen LogP contribution < -0.4 is 14.8 Å². The maximum atomic E-state index is 11.8. The molecular weight excluding hydrogens is 266 g/mol. The number of hydrogen-bond acceptors (Lipinski definition) is 3. The predicted molar refractivity (Wildman–Crippen MR) is 81.5 cm³/mol.